The quantitative estimate of drug-likeness (QED) is 0.281. The molecule has 3 rings (SSSR count). The standard InChI is InChI=1S/C29H38Cl2N4O2/c1-21-18-22(2)28(23(3)19-21)33-29(37)35-15-7-14-34(16-17-35)13-6-4-5-12-32-27(36)11-9-24-8-10-25(30)26(31)20-24/h8-11,18-20H,4-7,12-17H2,1-3H3,(H,32,36)(H,33,37)/b11-9+. The number of halogens is 2. The zero-order chi connectivity index (χ0) is 26.8. The molecule has 0 unspecified atom stereocenters. The summed E-state index contributed by atoms with van der Waals surface area (Å²) in [5.74, 6) is -0.118. The Balaban J connectivity index is 1.31. The first-order chi connectivity index (χ1) is 17.7. The normalized spacial score (nSPS) is 14.6. The molecule has 200 valence electrons. The summed E-state index contributed by atoms with van der Waals surface area (Å²) in [6, 6.07) is 9.46. The number of carbonyl (C=O) groups excluding carboxylic acids is 2. The lowest BCUT2D eigenvalue weighted by Gasteiger charge is -2.23. The fraction of sp³-hybridized carbons (Fsp3) is 0.448. The largest absolute Gasteiger partial charge is 0.353 e. The molecule has 2 aromatic rings. The van der Waals surface area contributed by atoms with Gasteiger partial charge in [0.1, 0.15) is 0 Å². The molecule has 1 aliphatic heterocycles. The number of nitrogens with one attached hydrogen (secondary N) is 2. The lowest BCUT2D eigenvalue weighted by atomic mass is 10.1. The Hall–Kier alpha value is -2.54. The van der Waals surface area contributed by atoms with E-state index in [9.17, 15) is 9.59 Å². The summed E-state index contributed by atoms with van der Waals surface area (Å²) in [7, 11) is 0. The SMILES string of the molecule is Cc1cc(C)c(NC(=O)N2CCCN(CCCCCNC(=O)/C=C/c3ccc(Cl)c(Cl)c3)CC2)c(C)c1. The number of rotatable bonds is 9. The van der Waals surface area contributed by atoms with Gasteiger partial charge in [0.25, 0.3) is 0 Å². The molecule has 8 heteroatoms. The molecule has 1 heterocycles. The number of unbranched alkanes of at least 4 members (excludes halogenated alkanes) is 2. The van der Waals surface area contributed by atoms with Crippen molar-refractivity contribution in [2.45, 2.75) is 46.5 Å². The van der Waals surface area contributed by atoms with Crippen LogP contribution in [0.3, 0.4) is 0 Å². The highest BCUT2D eigenvalue weighted by atomic mass is 35.5. The molecule has 0 atom stereocenters. The van der Waals surface area contributed by atoms with Gasteiger partial charge in [0, 0.05) is 37.9 Å². The zero-order valence-electron chi connectivity index (χ0n) is 22.1. The molecule has 1 saturated heterocycles. The molecule has 0 saturated carbocycles. The van der Waals surface area contributed by atoms with E-state index in [2.05, 4.69) is 34.6 Å². The van der Waals surface area contributed by atoms with Crippen LogP contribution in [0, 0.1) is 20.8 Å². The van der Waals surface area contributed by atoms with Gasteiger partial charge >= 0.3 is 6.03 Å². The second-order valence-electron chi connectivity index (χ2n) is 9.74. The highest BCUT2D eigenvalue weighted by Gasteiger charge is 2.20. The summed E-state index contributed by atoms with van der Waals surface area (Å²) < 4.78 is 0. The highest BCUT2D eigenvalue weighted by molar-refractivity contribution is 6.42. The van der Waals surface area contributed by atoms with Gasteiger partial charge < -0.3 is 20.4 Å². The Labute approximate surface area is 231 Å². The fourth-order valence-electron chi connectivity index (χ4n) is 4.66. The van der Waals surface area contributed by atoms with Crippen molar-refractivity contribution in [1.82, 2.24) is 15.1 Å². The van der Waals surface area contributed by atoms with E-state index in [1.165, 1.54) is 11.6 Å². The maximum absolute atomic E-state index is 12.9. The van der Waals surface area contributed by atoms with Crippen LogP contribution in [0.5, 0.6) is 0 Å². The Morgan fingerprint density at radius 1 is 0.919 bits per heavy atom. The lowest BCUT2D eigenvalue weighted by molar-refractivity contribution is -0.116. The van der Waals surface area contributed by atoms with Crippen LogP contribution in [0.4, 0.5) is 10.5 Å². The topological polar surface area (TPSA) is 64.7 Å². The molecule has 0 aromatic heterocycles. The molecular formula is C29H38Cl2N4O2. The second-order valence-corrected chi connectivity index (χ2v) is 10.6. The van der Waals surface area contributed by atoms with Gasteiger partial charge in [0.15, 0.2) is 0 Å². The average molecular weight is 546 g/mol. The predicted molar refractivity (Wildman–Crippen MR) is 155 cm³/mol. The van der Waals surface area contributed by atoms with Crippen LogP contribution >= 0.6 is 23.2 Å². The van der Waals surface area contributed by atoms with Crippen molar-refractivity contribution in [3.63, 3.8) is 0 Å². The van der Waals surface area contributed by atoms with E-state index in [-0.39, 0.29) is 11.9 Å². The van der Waals surface area contributed by atoms with Gasteiger partial charge in [-0.05, 0) is 88.0 Å². The van der Waals surface area contributed by atoms with E-state index in [4.69, 9.17) is 23.2 Å². The number of carbonyl (C=O) groups is 2. The van der Waals surface area contributed by atoms with Crippen LogP contribution in [0.25, 0.3) is 6.08 Å². The monoisotopic (exact) mass is 544 g/mol. The summed E-state index contributed by atoms with van der Waals surface area (Å²) in [5.41, 5.74) is 5.16. The van der Waals surface area contributed by atoms with E-state index in [0.717, 1.165) is 80.8 Å². The molecule has 0 aliphatic carbocycles. The van der Waals surface area contributed by atoms with Gasteiger partial charge in [-0.3, -0.25) is 4.79 Å². The summed E-state index contributed by atoms with van der Waals surface area (Å²) in [6.45, 7) is 11.2. The van der Waals surface area contributed by atoms with Gasteiger partial charge in [-0.15, -0.1) is 0 Å². The third-order valence-electron chi connectivity index (χ3n) is 6.61. The van der Waals surface area contributed by atoms with Crippen molar-refractivity contribution in [2.24, 2.45) is 0 Å². The molecule has 2 N–H and O–H groups in total. The number of aryl methyl sites for hydroxylation is 3. The molecule has 6 nitrogen and oxygen atoms in total. The molecule has 0 spiro atoms. The van der Waals surface area contributed by atoms with E-state index < -0.39 is 0 Å². The van der Waals surface area contributed by atoms with E-state index in [1.54, 1.807) is 18.2 Å². The third-order valence-corrected chi connectivity index (χ3v) is 7.34. The van der Waals surface area contributed by atoms with E-state index in [0.29, 0.717) is 16.6 Å². The van der Waals surface area contributed by atoms with Crippen molar-refractivity contribution in [1.29, 1.82) is 0 Å². The van der Waals surface area contributed by atoms with Crippen molar-refractivity contribution < 1.29 is 9.59 Å². The smallest absolute Gasteiger partial charge is 0.321 e. The van der Waals surface area contributed by atoms with Crippen molar-refractivity contribution in [2.75, 3.05) is 44.6 Å². The summed E-state index contributed by atoms with van der Waals surface area (Å²) in [5, 5.41) is 7.03. The highest BCUT2D eigenvalue weighted by Crippen LogP contribution is 2.24. The second kappa shape index (κ2) is 14.4. The Morgan fingerprint density at radius 3 is 2.41 bits per heavy atom. The van der Waals surface area contributed by atoms with Crippen LogP contribution in [0.1, 0.15) is 47.9 Å². The number of benzene rings is 2. The zero-order valence-corrected chi connectivity index (χ0v) is 23.6. The fourth-order valence-corrected chi connectivity index (χ4v) is 4.96. The van der Waals surface area contributed by atoms with Crippen molar-refractivity contribution in [3.8, 4) is 0 Å². The van der Waals surface area contributed by atoms with Crippen LogP contribution in [-0.4, -0.2) is 61.0 Å². The molecule has 3 amide bonds. The van der Waals surface area contributed by atoms with E-state index in [1.807, 2.05) is 24.8 Å². The number of hydrogen-bond donors (Lipinski definition) is 2. The lowest BCUT2D eigenvalue weighted by Crippen LogP contribution is -2.38. The van der Waals surface area contributed by atoms with Crippen molar-refractivity contribution in [3.05, 3.63) is 68.7 Å². The summed E-state index contributed by atoms with van der Waals surface area (Å²) >= 11 is 11.9. The predicted octanol–water partition coefficient (Wildman–Crippen LogP) is 6.46. The van der Waals surface area contributed by atoms with Crippen molar-refractivity contribution >= 4 is 46.9 Å². The first-order valence-electron chi connectivity index (χ1n) is 13.0. The van der Waals surface area contributed by atoms with Crippen LogP contribution in [0.2, 0.25) is 10.0 Å². The van der Waals surface area contributed by atoms with Crippen LogP contribution in [0.15, 0.2) is 36.4 Å². The first-order valence-corrected chi connectivity index (χ1v) is 13.8. The summed E-state index contributed by atoms with van der Waals surface area (Å²) in [6.07, 6.45) is 7.26. The molecule has 2 aromatic carbocycles. The Morgan fingerprint density at radius 2 is 1.68 bits per heavy atom. The summed E-state index contributed by atoms with van der Waals surface area (Å²) in [4.78, 5) is 29.3. The number of hydrogen-bond acceptors (Lipinski definition) is 3. The first kappa shape index (κ1) is 29.0. The minimum absolute atomic E-state index is 0.0131. The number of nitrogens with zero attached hydrogens (tertiary/aromatic N) is 2. The van der Waals surface area contributed by atoms with Crippen LogP contribution < -0.4 is 10.6 Å². The molecule has 37 heavy (non-hydrogen) atoms. The maximum Gasteiger partial charge on any atom is 0.321 e. The van der Waals surface area contributed by atoms with Gasteiger partial charge in [0.2, 0.25) is 5.91 Å². The van der Waals surface area contributed by atoms with Gasteiger partial charge in [-0.2, -0.15) is 0 Å². The minimum atomic E-state index is -0.118. The molecule has 1 fully saturated rings. The van der Waals surface area contributed by atoms with Crippen LogP contribution in [-0.2, 0) is 4.79 Å². The molecule has 0 radical (unpaired) electrons. The molecular weight excluding hydrogens is 507 g/mol. The minimum Gasteiger partial charge on any atom is -0.353 e. The van der Waals surface area contributed by atoms with Gasteiger partial charge in [-0.25, -0.2) is 4.79 Å². The number of urea groups is 1. The number of anilines is 1. The van der Waals surface area contributed by atoms with Gasteiger partial charge in [0.05, 0.1) is 10.0 Å². The average Bonchev–Trinajstić information content (AvgIpc) is 3.10. The maximum atomic E-state index is 12.9. The van der Waals surface area contributed by atoms with Gasteiger partial charge in [-0.1, -0.05) is 53.4 Å². The van der Waals surface area contributed by atoms with E-state index >= 15 is 0 Å². The number of amides is 3. The Bertz CT molecular complexity index is 1100. The molecule has 1 aliphatic rings. The third kappa shape index (κ3) is 9.37. The molecule has 0 bridgehead atoms. The Kier molecular flexibility index (Phi) is 11.3.